The van der Waals surface area contributed by atoms with Crippen LogP contribution in [0.5, 0.6) is 0 Å². The van der Waals surface area contributed by atoms with Gasteiger partial charge in [-0.25, -0.2) is 0 Å². The number of hydrogen-bond donors (Lipinski definition) is 0. The molecule has 0 aromatic heterocycles. The molecule has 3 rings (SSSR count). The summed E-state index contributed by atoms with van der Waals surface area (Å²) in [6, 6.07) is 8.10. The van der Waals surface area contributed by atoms with Crippen molar-refractivity contribution in [3.8, 4) is 0 Å². The summed E-state index contributed by atoms with van der Waals surface area (Å²) in [6.07, 6.45) is 2.30. The highest BCUT2D eigenvalue weighted by Gasteiger charge is 2.50. The van der Waals surface area contributed by atoms with E-state index in [0.29, 0.717) is 0 Å². The first-order valence-corrected chi connectivity index (χ1v) is 6.67. The van der Waals surface area contributed by atoms with E-state index in [1.54, 1.807) is 0 Å². The smallest absolute Gasteiger partial charge is 0.221 e. The third kappa shape index (κ3) is 1.22. The molecule has 84 valence electrons. The molecule has 1 fully saturated rings. The summed E-state index contributed by atoms with van der Waals surface area (Å²) in [7, 11) is 0. The topological polar surface area (TPSA) is 20.3 Å². The van der Waals surface area contributed by atoms with Gasteiger partial charge < -0.3 is 0 Å². The summed E-state index contributed by atoms with van der Waals surface area (Å²) >= 11 is 1.52. The van der Waals surface area contributed by atoms with Gasteiger partial charge in [-0.1, -0.05) is 43.0 Å². The fraction of sp³-hybridized carbons (Fsp3) is 0.462. The predicted molar refractivity (Wildman–Crippen MR) is 66.5 cm³/mol. The molecule has 1 saturated heterocycles. The average molecular weight is 233 g/mol. The number of carbonyl (C=O) groups is 1. The zero-order valence-electron chi connectivity index (χ0n) is 9.40. The first-order chi connectivity index (χ1) is 7.78. The van der Waals surface area contributed by atoms with Crippen molar-refractivity contribution in [2.45, 2.75) is 24.6 Å². The van der Waals surface area contributed by atoms with E-state index in [1.165, 1.54) is 23.7 Å². The van der Waals surface area contributed by atoms with E-state index in [4.69, 9.17) is 0 Å². The first-order valence-electron chi connectivity index (χ1n) is 5.86. The average Bonchev–Trinajstić information content (AvgIpc) is 2.84. The highest BCUT2D eigenvalue weighted by Crippen LogP contribution is 2.54. The Kier molecular flexibility index (Phi) is 2.33. The monoisotopic (exact) mass is 233 g/mol. The summed E-state index contributed by atoms with van der Waals surface area (Å²) in [5.74, 6) is 0. The molecule has 2 aliphatic heterocycles. The molecule has 2 nitrogen and oxygen atoms in total. The Morgan fingerprint density at radius 1 is 1.44 bits per heavy atom. The highest BCUT2D eigenvalue weighted by molar-refractivity contribution is 8.15. The maximum atomic E-state index is 12.0. The number of carbonyl (C=O) groups excluding carboxylic acids is 1. The van der Waals surface area contributed by atoms with Crippen LogP contribution in [0, 0.1) is 0 Å². The number of likely N-dealkylation sites (tertiary alicyclic amines) is 1. The Morgan fingerprint density at radius 2 is 2.25 bits per heavy atom. The van der Waals surface area contributed by atoms with Crippen molar-refractivity contribution in [2.24, 2.45) is 0 Å². The van der Waals surface area contributed by atoms with Crippen molar-refractivity contribution < 1.29 is 4.79 Å². The number of rotatable bonds is 1. The lowest BCUT2D eigenvalue weighted by atomic mass is 9.99. The molecule has 0 bridgehead atoms. The summed E-state index contributed by atoms with van der Waals surface area (Å²) in [5.41, 5.74) is 2.16. The Balaban J connectivity index is 2.15. The van der Waals surface area contributed by atoms with Crippen LogP contribution in [0.3, 0.4) is 0 Å². The molecule has 2 aliphatic rings. The summed E-state index contributed by atoms with van der Waals surface area (Å²) < 4.78 is 0. The van der Waals surface area contributed by atoms with Crippen LogP contribution in [-0.4, -0.2) is 23.1 Å². The van der Waals surface area contributed by atoms with Crippen LogP contribution in [-0.2, 0) is 4.87 Å². The van der Waals surface area contributed by atoms with Crippen LogP contribution in [0.4, 0.5) is 0 Å². The Bertz CT molecular complexity index is 445. The van der Waals surface area contributed by atoms with Gasteiger partial charge in [-0.2, -0.15) is 0 Å². The molecular formula is C13H15NOS. The fourth-order valence-corrected chi connectivity index (χ4v) is 4.43. The van der Waals surface area contributed by atoms with Crippen molar-refractivity contribution in [1.82, 2.24) is 4.90 Å². The zero-order valence-corrected chi connectivity index (χ0v) is 10.2. The minimum Gasteiger partial charge on any atom is -0.285 e. The van der Waals surface area contributed by atoms with Gasteiger partial charge in [0.1, 0.15) is 4.87 Å². The molecule has 1 atom stereocenters. The first kappa shape index (κ1) is 10.4. The van der Waals surface area contributed by atoms with Gasteiger partial charge in [0, 0.05) is 5.56 Å². The Labute approximate surface area is 100 Å². The number of benzene rings is 1. The molecule has 0 aliphatic carbocycles. The van der Waals surface area contributed by atoms with Crippen LogP contribution in [0.25, 0.3) is 0 Å². The van der Waals surface area contributed by atoms with Gasteiger partial charge in [0.2, 0.25) is 5.12 Å². The van der Waals surface area contributed by atoms with Crippen LogP contribution in [0.1, 0.15) is 35.7 Å². The van der Waals surface area contributed by atoms with Crippen LogP contribution in [0.2, 0.25) is 0 Å². The van der Waals surface area contributed by atoms with Gasteiger partial charge in [-0.05, 0) is 31.5 Å². The molecule has 1 aromatic rings. The normalized spacial score (nSPS) is 28.9. The third-order valence-electron chi connectivity index (χ3n) is 3.67. The van der Waals surface area contributed by atoms with Crippen LogP contribution >= 0.6 is 11.8 Å². The lowest BCUT2D eigenvalue weighted by Gasteiger charge is -2.33. The standard InChI is InChI=1S/C13H15NOS/c1-2-14-9-5-8-13(14)11-7-4-3-6-10(11)12(15)16-13/h3-4,6-7H,2,5,8-9H2,1H3. The van der Waals surface area contributed by atoms with E-state index in [1.807, 2.05) is 18.2 Å². The minimum atomic E-state index is -0.0393. The Hall–Kier alpha value is -0.800. The lowest BCUT2D eigenvalue weighted by Crippen LogP contribution is -2.36. The molecule has 1 spiro atoms. The van der Waals surface area contributed by atoms with Crippen LogP contribution < -0.4 is 0 Å². The summed E-state index contributed by atoms with van der Waals surface area (Å²) in [6.45, 7) is 4.32. The molecular weight excluding hydrogens is 218 g/mol. The van der Waals surface area contributed by atoms with E-state index < -0.39 is 0 Å². The van der Waals surface area contributed by atoms with Gasteiger partial charge >= 0.3 is 0 Å². The van der Waals surface area contributed by atoms with Crippen molar-refractivity contribution in [2.75, 3.05) is 13.1 Å². The van der Waals surface area contributed by atoms with E-state index in [2.05, 4.69) is 17.9 Å². The Morgan fingerprint density at radius 3 is 3.06 bits per heavy atom. The second-order valence-corrected chi connectivity index (χ2v) is 5.65. The minimum absolute atomic E-state index is 0.0393. The molecule has 2 heterocycles. The SMILES string of the molecule is CCN1CCCC12SC(=O)c1ccccc12. The predicted octanol–water partition coefficient (Wildman–Crippen LogP) is 2.84. The van der Waals surface area contributed by atoms with Gasteiger partial charge in [-0.15, -0.1) is 0 Å². The van der Waals surface area contributed by atoms with E-state index >= 15 is 0 Å². The molecule has 0 saturated carbocycles. The van der Waals surface area contributed by atoms with Crippen molar-refractivity contribution in [3.63, 3.8) is 0 Å². The molecule has 0 amide bonds. The summed E-state index contributed by atoms with van der Waals surface area (Å²) in [4.78, 5) is 14.4. The quantitative estimate of drug-likeness (QED) is 0.744. The summed E-state index contributed by atoms with van der Waals surface area (Å²) in [5, 5.41) is 0.246. The van der Waals surface area contributed by atoms with Gasteiger partial charge in [0.25, 0.3) is 0 Å². The molecule has 3 heteroatoms. The maximum absolute atomic E-state index is 12.0. The van der Waals surface area contributed by atoms with E-state index in [9.17, 15) is 4.79 Å². The number of thioether (sulfide) groups is 1. The molecule has 16 heavy (non-hydrogen) atoms. The van der Waals surface area contributed by atoms with Gasteiger partial charge in [0.15, 0.2) is 0 Å². The second kappa shape index (κ2) is 3.60. The van der Waals surface area contributed by atoms with E-state index in [-0.39, 0.29) is 9.99 Å². The molecule has 0 N–H and O–H groups in total. The fourth-order valence-electron chi connectivity index (χ4n) is 2.95. The largest absolute Gasteiger partial charge is 0.285 e. The molecule has 0 radical (unpaired) electrons. The molecule has 1 unspecified atom stereocenters. The lowest BCUT2D eigenvalue weighted by molar-refractivity contribution is 0.109. The molecule has 1 aromatic carbocycles. The van der Waals surface area contributed by atoms with E-state index in [0.717, 1.165) is 25.1 Å². The van der Waals surface area contributed by atoms with Gasteiger partial charge in [0.05, 0.1) is 0 Å². The zero-order chi connectivity index (χ0) is 11.2. The maximum Gasteiger partial charge on any atom is 0.221 e. The van der Waals surface area contributed by atoms with Crippen molar-refractivity contribution in [3.05, 3.63) is 35.4 Å². The van der Waals surface area contributed by atoms with Crippen LogP contribution in [0.15, 0.2) is 24.3 Å². The third-order valence-corrected chi connectivity index (χ3v) is 5.09. The number of nitrogens with zero attached hydrogens (tertiary/aromatic N) is 1. The highest BCUT2D eigenvalue weighted by atomic mass is 32.2. The van der Waals surface area contributed by atoms with Gasteiger partial charge in [-0.3, -0.25) is 9.69 Å². The van der Waals surface area contributed by atoms with Crippen molar-refractivity contribution >= 4 is 16.9 Å². The number of hydrogen-bond acceptors (Lipinski definition) is 3. The number of fused-ring (bicyclic) bond motifs is 2. The second-order valence-electron chi connectivity index (χ2n) is 4.40. The van der Waals surface area contributed by atoms with Crippen molar-refractivity contribution in [1.29, 1.82) is 0 Å².